The number of imidazole rings is 1. The molecule has 4 rings (SSSR count). The smallest absolute Gasteiger partial charge is 0.227 e. The maximum Gasteiger partial charge on any atom is 0.227 e. The molecule has 0 bridgehead atoms. The van der Waals surface area contributed by atoms with Crippen LogP contribution in [-0.2, 0) is 0 Å². The lowest BCUT2D eigenvalue weighted by atomic mass is 10.1. The Morgan fingerprint density at radius 3 is 2.71 bits per heavy atom. The molecular formula is C27H28FN5O. The van der Waals surface area contributed by atoms with Crippen molar-refractivity contribution in [2.75, 3.05) is 11.9 Å². The molecule has 0 saturated carbocycles. The predicted molar refractivity (Wildman–Crippen MR) is 134 cm³/mol. The fourth-order valence-electron chi connectivity index (χ4n) is 3.75. The largest absolute Gasteiger partial charge is 0.392 e. The minimum absolute atomic E-state index is 0.103. The summed E-state index contributed by atoms with van der Waals surface area (Å²) in [6.07, 6.45) is 17.1. The molecule has 0 unspecified atom stereocenters. The van der Waals surface area contributed by atoms with Crippen LogP contribution in [-0.4, -0.2) is 31.2 Å². The molecule has 0 saturated heterocycles. The molecule has 6 nitrogen and oxygen atoms in total. The number of hydrogen-bond donors (Lipinski definition) is 2. The van der Waals surface area contributed by atoms with Crippen LogP contribution in [0.3, 0.4) is 0 Å². The number of nitrogens with one attached hydrogen (secondary N) is 1. The first-order valence-corrected chi connectivity index (χ1v) is 11.3. The van der Waals surface area contributed by atoms with Crippen LogP contribution in [0.15, 0.2) is 78.7 Å². The van der Waals surface area contributed by atoms with Gasteiger partial charge in [0, 0.05) is 29.6 Å². The van der Waals surface area contributed by atoms with Gasteiger partial charge < -0.3 is 15.0 Å². The number of halogens is 1. The van der Waals surface area contributed by atoms with E-state index in [1.165, 1.54) is 12.1 Å². The second-order valence-corrected chi connectivity index (χ2v) is 8.20. The van der Waals surface area contributed by atoms with Crippen molar-refractivity contribution in [2.24, 2.45) is 0 Å². The molecule has 0 fully saturated rings. The van der Waals surface area contributed by atoms with Gasteiger partial charge in [0.1, 0.15) is 17.3 Å². The first-order chi connectivity index (χ1) is 16.6. The van der Waals surface area contributed by atoms with Crippen LogP contribution in [0.4, 0.5) is 10.3 Å². The van der Waals surface area contributed by atoms with Crippen LogP contribution in [0.1, 0.15) is 38.4 Å². The van der Waals surface area contributed by atoms with E-state index in [1.807, 2.05) is 34.9 Å². The number of allylic oxidation sites excluding steroid dienone is 6. The van der Waals surface area contributed by atoms with Crippen molar-refractivity contribution in [1.29, 1.82) is 0 Å². The summed E-state index contributed by atoms with van der Waals surface area (Å²) in [5, 5.41) is 12.7. The standard InChI is InChI=1S/C27H28FN5O/c1-19(2)26-32-24(25(33(26)17-8-18-34)20-11-13-21(28)14-12-20)23-15-16-29-27(31-23)30-22-9-6-4-3-5-7-10-22/h3-6,8-9,11-17,19,34H,7,10,18H2,1-2H3,(H,29,30,31)/b5-3-,6-4-,17-8+,22-9+. The van der Waals surface area contributed by atoms with Gasteiger partial charge in [-0.3, -0.25) is 0 Å². The van der Waals surface area contributed by atoms with Crippen LogP contribution in [0, 0.1) is 5.82 Å². The molecule has 0 amide bonds. The molecule has 3 aromatic rings. The third-order valence-electron chi connectivity index (χ3n) is 5.34. The highest BCUT2D eigenvalue weighted by Crippen LogP contribution is 2.35. The first-order valence-electron chi connectivity index (χ1n) is 11.3. The Bertz CT molecular complexity index is 1250. The number of aromatic nitrogens is 4. The lowest BCUT2D eigenvalue weighted by Crippen LogP contribution is -2.04. The maximum absolute atomic E-state index is 13.7. The lowest BCUT2D eigenvalue weighted by molar-refractivity contribution is 0.343. The zero-order chi connectivity index (χ0) is 23.9. The van der Waals surface area contributed by atoms with E-state index in [-0.39, 0.29) is 18.3 Å². The third-order valence-corrected chi connectivity index (χ3v) is 5.34. The molecule has 7 heteroatoms. The Labute approximate surface area is 198 Å². The molecule has 174 valence electrons. The maximum atomic E-state index is 13.7. The highest BCUT2D eigenvalue weighted by Gasteiger charge is 2.22. The van der Waals surface area contributed by atoms with E-state index in [2.05, 4.69) is 30.2 Å². The van der Waals surface area contributed by atoms with Crippen molar-refractivity contribution in [3.8, 4) is 22.6 Å². The summed E-state index contributed by atoms with van der Waals surface area (Å²) in [6, 6.07) is 8.13. The van der Waals surface area contributed by atoms with Crippen molar-refractivity contribution in [3.05, 3.63) is 90.3 Å². The second kappa shape index (κ2) is 10.9. The molecule has 2 aromatic heterocycles. The molecule has 1 aromatic carbocycles. The lowest BCUT2D eigenvalue weighted by Gasteiger charge is -2.11. The van der Waals surface area contributed by atoms with Crippen LogP contribution >= 0.6 is 0 Å². The molecule has 0 atom stereocenters. The summed E-state index contributed by atoms with van der Waals surface area (Å²) in [7, 11) is 0. The molecule has 2 heterocycles. The first kappa shape index (κ1) is 23.3. The van der Waals surface area contributed by atoms with Crippen molar-refractivity contribution >= 4 is 12.1 Å². The molecule has 0 radical (unpaired) electrons. The summed E-state index contributed by atoms with van der Waals surface area (Å²) in [5.41, 5.74) is 3.91. The zero-order valence-corrected chi connectivity index (χ0v) is 19.3. The molecule has 34 heavy (non-hydrogen) atoms. The van der Waals surface area contributed by atoms with E-state index in [1.54, 1.807) is 30.6 Å². The van der Waals surface area contributed by atoms with Crippen molar-refractivity contribution < 1.29 is 9.50 Å². The van der Waals surface area contributed by atoms with Crippen molar-refractivity contribution in [3.63, 3.8) is 0 Å². The van der Waals surface area contributed by atoms with Gasteiger partial charge in [-0.15, -0.1) is 0 Å². The van der Waals surface area contributed by atoms with E-state index in [0.29, 0.717) is 17.3 Å². The number of aliphatic hydroxyl groups excluding tert-OH is 1. The zero-order valence-electron chi connectivity index (χ0n) is 19.3. The number of anilines is 1. The van der Waals surface area contributed by atoms with E-state index < -0.39 is 0 Å². The van der Waals surface area contributed by atoms with E-state index in [0.717, 1.165) is 35.6 Å². The molecule has 1 aliphatic rings. The Kier molecular flexibility index (Phi) is 7.44. The summed E-state index contributed by atoms with van der Waals surface area (Å²) < 4.78 is 15.6. The van der Waals surface area contributed by atoms with Crippen LogP contribution in [0.25, 0.3) is 28.8 Å². The number of nitrogens with zero attached hydrogens (tertiary/aromatic N) is 4. The quantitative estimate of drug-likeness (QED) is 0.460. The molecule has 0 aliphatic heterocycles. The Morgan fingerprint density at radius 2 is 1.94 bits per heavy atom. The van der Waals surface area contributed by atoms with Crippen molar-refractivity contribution in [1.82, 2.24) is 19.5 Å². The highest BCUT2D eigenvalue weighted by atomic mass is 19.1. The number of benzene rings is 1. The third kappa shape index (κ3) is 5.38. The molecule has 0 spiro atoms. The van der Waals surface area contributed by atoms with Crippen LogP contribution in [0.2, 0.25) is 0 Å². The van der Waals surface area contributed by atoms with E-state index in [4.69, 9.17) is 9.97 Å². The number of aliphatic hydroxyl groups is 1. The topological polar surface area (TPSA) is 75.9 Å². The summed E-state index contributed by atoms with van der Waals surface area (Å²) >= 11 is 0. The van der Waals surface area contributed by atoms with Crippen molar-refractivity contribution in [2.45, 2.75) is 32.6 Å². The van der Waals surface area contributed by atoms with Gasteiger partial charge in [0.25, 0.3) is 0 Å². The Morgan fingerprint density at radius 1 is 1.12 bits per heavy atom. The fraction of sp³-hybridized carbons (Fsp3) is 0.222. The summed E-state index contributed by atoms with van der Waals surface area (Å²) in [6.45, 7) is 4.01. The molecule has 1 aliphatic carbocycles. The van der Waals surface area contributed by atoms with E-state index >= 15 is 0 Å². The monoisotopic (exact) mass is 457 g/mol. The Balaban J connectivity index is 1.81. The number of hydrogen-bond acceptors (Lipinski definition) is 5. The minimum atomic E-state index is -0.309. The van der Waals surface area contributed by atoms with Gasteiger partial charge in [0.2, 0.25) is 5.95 Å². The van der Waals surface area contributed by atoms with Crippen LogP contribution in [0.5, 0.6) is 0 Å². The van der Waals surface area contributed by atoms with Crippen LogP contribution < -0.4 is 5.32 Å². The number of rotatable bonds is 7. The normalized spacial score (nSPS) is 17.3. The van der Waals surface area contributed by atoms with Gasteiger partial charge in [-0.2, -0.15) is 0 Å². The van der Waals surface area contributed by atoms with E-state index in [9.17, 15) is 9.50 Å². The summed E-state index contributed by atoms with van der Waals surface area (Å²) in [5.74, 6) is 1.09. The second-order valence-electron chi connectivity index (χ2n) is 8.20. The molecular weight excluding hydrogens is 429 g/mol. The summed E-state index contributed by atoms with van der Waals surface area (Å²) in [4.78, 5) is 14.1. The van der Waals surface area contributed by atoms with Gasteiger partial charge in [0.15, 0.2) is 0 Å². The van der Waals surface area contributed by atoms with Gasteiger partial charge >= 0.3 is 0 Å². The van der Waals surface area contributed by atoms with Gasteiger partial charge in [-0.1, -0.05) is 38.2 Å². The fourth-order valence-corrected chi connectivity index (χ4v) is 3.75. The Hall–Kier alpha value is -3.84. The van der Waals surface area contributed by atoms with Gasteiger partial charge in [0.05, 0.1) is 18.0 Å². The molecule has 2 N–H and O–H groups in total. The SMILES string of the molecule is CC(C)c1nc(-c2ccnc(N/C3=C/C=C\C=C/CC3)n2)c(-c2ccc(F)cc2)n1/C=C/CO. The van der Waals surface area contributed by atoms with Gasteiger partial charge in [-0.05, 0) is 55.3 Å². The highest BCUT2D eigenvalue weighted by molar-refractivity contribution is 5.79. The minimum Gasteiger partial charge on any atom is -0.392 e. The average Bonchev–Trinajstić information content (AvgIpc) is 3.20. The average molecular weight is 458 g/mol. The predicted octanol–water partition coefficient (Wildman–Crippen LogP) is 5.93. The van der Waals surface area contributed by atoms with Gasteiger partial charge in [-0.25, -0.2) is 19.3 Å².